The smallest absolute Gasteiger partial charge is 0.295 e. The minimum absolute atomic E-state index is 0.0231. The predicted molar refractivity (Wildman–Crippen MR) is 123 cm³/mol. The van der Waals surface area contributed by atoms with E-state index in [1.165, 1.54) is 4.90 Å². The molecule has 0 bridgehead atoms. The number of aliphatic hydroxyl groups excluding tert-OH is 1. The molecule has 33 heavy (non-hydrogen) atoms. The van der Waals surface area contributed by atoms with E-state index < -0.39 is 17.7 Å². The molecule has 1 unspecified atom stereocenters. The summed E-state index contributed by atoms with van der Waals surface area (Å²) in [7, 11) is 0. The van der Waals surface area contributed by atoms with Crippen molar-refractivity contribution in [2.75, 3.05) is 13.2 Å². The topological polar surface area (TPSA) is 76.1 Å². The standard InChI is InChI=1S/C26H20ClNO5/c27-19-9-6-17(7-10-19)23-22(24(29)18-8-11-20-21(14-18)33-13-12-32-20)25(30)26(31)28(23)15-16-4-2-1-3-5-16/h1-11,14,23,29H,12-13,15H2/b24-22-. The minimum Gasteiger partial charge on any atom is -0.507 e. The van der Waals surface area contributed by atoms with Crippen LogP contribution < -0.4 is 9.47 Å². The van der Waals surface area contributed by atoms with E-state index in [9.17, 15) is 14.7 Å². The Morgan fingerprint density at radius 3 is 2.36 bits per heavy atom. The van der Waals surface area contributed by atoms with Crippen molar-refractivity contribution in [2.24, 2.45) is 0 Å². The molecule has 2 aliphatic rings. The number of likely N-dealkylation sites (tertiary alicyclic amines) is 1. The van der Waals surface area contributed by atoms with Gasteiger partial charge in [0.2, 0.25) is 0 Å². The van der Waals surface area contributed by atoms with Gasteiger partial charge in [-0.05, 0) is 41.5 Å². The summed E-state index contributed by atoms with van der Waals surface area (Å²) in [5.74, 6) is -0.625. The van der Waals surface area contributed by atoms with Crippen LogP contribution in [0.4, 0.5) is 0 Å². The van der Waals surface area contributed by atoms with E-state index in [1.807, 2.05) is 30.3 Å². The zero-order valence-corrected chi connectivity index (χ0v) is 18.3. The second-order valence-electron chi connectivity index (χ2n) is 7.82. The van der Waals surface area contributed by atoms with Crippen molar-refractivity contribution in [2.45, 2.75) is 12.6 Å². The lowest BCUT2D eigenvalue weighted by Gasteiger charge is -2.25. The highest BCUT2D eigenvalue weighted by molar-refractivity contribution is 6.46. The number of aliphatic hydroxyl groups is 1. The molecular formula is C26H20ClNO5. The Balaban J connectivity index is 1.63. The van der Waals surface area contributed by atoms with Gasteiger partial charge in [-0.2, -0.15) is 0 Å². The molecule has 0 saturated carbocycles. The second-order valence-corrected chi connectivity index (χ2v) is 8.26. The molecule has 3 aromatic carbocycles. The molecule has 5 rings (SSSR count). The van der Waals surface area contributed by atoms with Crippen LogP contribution in [0, 0.1) is 0 Å². The van der Waals surface area contributed by atoms with Crippen LogP contribution in [0.3, 0.4) is 0 Å². The first-order valence-electron chi connectivity index (χ1n) is 10.5. The maximum Gasteiger partial charge on any atom is 0.295 e. The fraction of sp³-hybridized carbons (Fsp3) is 0.154. The lowest BCUT2D eigenvalue weighted by atomic mass is 9.95. The lowest BCUT2D eigenvalue weighted by Crippen LogP contribution is -2.29. The van der Waals surface area contributed by atoms with Crippen LogP contribution in [0.1, 0.15) is 22.7 Å². The molecule has 1 fully saturated rings. The Kier molecular flexibility index (Phi) is 5.52. The number of nitrogens with zero attached hydrogens (tertiary/aromatic N) is 1. The average molecular weight is 462 g/mol. The van der Waals surface area contributed by atoms with Gasteiger partial charge in [0.25, 0.3) is 11.7 Å². The molecular weight excluding hydrogens is 442 g/mol. The molecule has 0 radical (unpaired) electrons. The van der Waals surface area contributed by atoms with E-state index in [1.54, 1.807) is 42.5 Å². The average Bonchev–Trinajstić information content (AvgIpc) is 3.09. The molecule has 2 heterocycles. The van der Waals surface area contributed by atoms with Gasteiger partial charge in [0.1, 0.15) is 19.0 Å². The highest BCUT2D eigenvalue weighted by atomic mass is 35.5. The third kappa shape index (κ3) is 3.94. The molecule has 1 N–H and O–H groups in total. The largest absolute Gasteiger partial charge is 0.507 e. The molecule has 1 amide bonds. The van der Waals surface area contributed by atoms with Gasteiger partial charge in [-0.25, -0.2) is 0 Å². The summed E-state index contributed by atoms with van der Waals surface area (Å²) in [6, 6.07) is 20.5. The number of rotatable bonds is 4. The number of carbonyl (C=O) groups is 2. The number of carbonyl (C=O) groups excluding carboxylic acids is 2. The number of halogens is 1. The van der Waals surface area contributed by atoms with Crippen molar-refractivity contribution in [1.29, 1.82) is 0 Å². The maximum absolute atomic E-state index is 13.2. The van der Waals surface area contributed by atoms with Crippen molar-refractivity contribution in [1.82, 2.24) is 4.90 Å². The zero-order valence-electron chi connectivity index (χ0n) is 17.5. The third-order valence-electron chi connectivity index (χ3n) is 5.74. The quantitative estimate of drug-likeness (QED) is 0.345. The summed E-state index contributed by atoms with van der Waals surface area (Å²) in [5.41, 5.74) is 1.94. The first-order valence-corrected chi connectivity index (χ1v) is 10.9. The highest BCUT2D eigenvalue weighted by Gasteiger charge is 2.46. The summed E-state index contributed by atoms with van der Waals surface area (Å²) in [4.78, 5) is 27.7. The van der Waals surface area contributed by atoms with Gasteiger partial charge in [-0.3, -0.25) is 9.59 Å². The Morgan fingerprint density at radius 1 is 0.939 bits per heavy atom. The fourth-order valence-corrected chi connectivity index (χ4v) is 4.29. The number of amides is 1. The van der Waals surface area contributed by atoms with E-state index in [-0.39, 0.29) is 17.9 Å². The van der Waals surface area contributed by atoms with Gasteiger partial charge >= 0.3 is 0 Å². The van der Waals surface area contributed by atoms with Crippen molar-refractivity contribution in [3.63, 3.8) is 0 Å². The van der Waals surface area contributed by atoms with Gasteiger partial charge in [0.15, 0.2) is 11.5 Å². The van der Waals surface area contributed by atoms with E-state index in [0.717, 1.165) is 5.56 Å². The fourth-order valence-electron chi connectivity index (χ4n) is 4.16. The van der Waals surface area contributed by atoms with Crippen LogP contribution in [0.2, 0.25) is 5.02 Å². The molecule has 1 saturated heterocycles. The van der Waals surface area contributed by atoms with E-state index in [4.69, 9.17) is 21.1 Å². The van der Waals surface area contributed by atoms with Gasteiger partial charge < -0.3 is 19.5 Å². The van der Waals surface area contributed by atoms with Gasteiger partial charge in [0, 0.05) is 17.1 Å². The Morgan fingerprint density at radius 2 is 1.64 bits per heavy atom. The number of fused-ring (bicyclic) bond motifs is 1. The molecule has 0 spiro atoms. The summed E-state index contributed by atoms with van der Waals surface area (Å²) in [5, 5.41) is 11.8. The summed E-state index contributed by atoms with van der Waals surface area (Å²) < 4.78 is 11.2. The van der Waals surface area contributed by atoms with Crippen LogP contribution in [-0.4, -0.2) is 34.9 Å². The highest BCUT2D eigenvalue weighted by Crippen LogP contribution is 2.42. The van der Waals surface area contributed by atoms with E-state index in [2.05, 4.69) is 0 Å². The van der Waals surface area contributed by atoms with Crippen LogP contribution in [0.25, 0.3) is 5.76 Å². The van der Waals surface area contributed by atoms with Crippen molar-refractivity contribution in [3.05, 3.63) is 100 Å². The first kappa shape index (κ1) is 21.1. The second kappa shape index (κ2) is 8.64. The number of ether oxygens (including phenoxy) is 2. The third-order valence-corrected chi connectivity index (χ3v) is 5.99. The zero-order chi connectivity index (χ0) is 22.9. The Hall–Kier alpha value is -3.77. The monoisotopic (exact) mass is 461 g/mol. The van der Waals surface area contributed by atoms with Crippen LogP contribution >= 0.6 is 11.6 Å². The first-order chi connectivity index (χ1) is 16.0. The maximum atomic E-state index is 13.2. The summed E-state index contributed by atoms with van der Waals surface area (Å²) in [6.07, 6.45) is 0. The van der Waals surface area contributed by atoms with E-state index in [0.29, 0.717) is 40.9 Å². The molecule has 7 heteroatoms. The van der Waals surface area contributed by atoms with Gasteiger partial charge in [-0.1, -0.05) is 54.1 Å². The molecule has 2 aliphatic heterocycles. The van der Waals surface area contributed by atoms with E-state index >= 15 is 0 Å². The molecule has 0 aromatic heterocycles. The predicted octanol–water partition coefficient (Wildman–Crippen LogP) is 4.73. The van der Waals surface area contributed by atoms with Crippen molar-refractivity contribution < 1.29 is 24.2 Å². The number of hydrogen-bond acceptors (Lipinski definition) is 5. The number of hydrogen-bond donors (Lipinski definition) is 1. The SMILES string of the molecule is O=C1C(=O)N(Cc2ccccc2)C(c2ccc(Cl)cc2)/C1=C(/O)c1ccc2c(c1)OCCO2. The normalized spacial score (nSPS) is 19.1. The van der Waals surface area contributed by atoms with Crippen molar-refractivity contribution >= 4 is 29.1 Å². The molecule has 0 aliphatic carbocycles. The van der Waals surface area contributed by atoms with Crippen LogP contribution in [0.5, 0.6) is 11.5 Å². The molecule has 6 nitrogen and oxygen atoms in total. The van der Waals surface area contributed by atoms with Crippen molar-refractivity contribution in [3.8, 4) is 11.5 Å². The van der Waals surface area contributed by atoms with Crippen LogP contribution in [0.15, 0.2) is 78.4 Å². The lowest BCUT2D eigenvalue weighted by molar-refractivity contribution is -0.140. The molecule has 3 aromatic rings. The van der Waals surface area contributed by atoms with Gasteiger partial charge in [0.05, 0.1) is 11.6 Å². The Bertz CT molecular complexity index is 1250. The number of benzene rings is 3. The minimum atomic E-state index is -0.768. The molecule has 166 valence electrons. The summed E-state index contributed by atoms with van der Waals surface area (Å²) in [6.45, 7) is 1.06. The number of Topliss-reactive ketones (excluding diaryl/α,β-unsaturated/α-hetero) is 1. The van der Waals surface area contributed by atoms with Gasteiger partial charge in [-0.15, -0.1) is 0 Å². The number of ketones is 1. The van der Waals surface area contributed by atoms with Crippen LogP contribution in [-0.2, 0) is 16.1 Å². The Labute approximate surface area is 195 Å². The summed E-state index contributed by atoms with van der Waals surface area (Å²) >= 11 is 6.07. The molecule has 1 atom stereocenters.